The molecule has 2 aromatic carbocycles. The second kappa shape index (κ2) is 11.7. The summed E-state index contributed by atoms with van der Waals surface area (Å²) in [5, 5.41) is 0. The molecule has 166 valence electrons. The summed E-state index contributed by atoms with van der Waals surface area (Å²) >= 11 is 0. The lowest BCUT2D eigenvalue weighted by Gasteiger charge is -2.18. The molecule has 2 rings (SSSR count). The van der Waals surface area contributed by atoms with E-state index in [1.54, 1.807) is 0 Å². The van der Waals surface area contributed by atoms with E-state index in [-0.39, 0.29) is 13.6 Å². The molecule has 0 aliphatic carbocycles. The van der Waals surface area contributed by atoms with Crippen molar-refractivity contribution in [2.75, 3.05) is 26.8 Å². The van der Waals surface area contributed by atoms with Crippen LogP contribution in [0.2, 0.25) is 51.4 Å². The highest BCUT2D eigenvalue weighted by molar-refractivity contribution is 6.76. The Balaban J connectivity index is 1.97. The highest BCUT2D eigenvalue weighted by Gasteiger charge is 2.14. The molecule has 0 heterocycles. The standard InChI is InChI=1S/C24H38O4Si2/c1-29(2,3)17-15-25-19-27-23-13-9-7-11-21(23)22-12-8-10-14-24(22)28-20-26-16-18-30(4,5)6/h7-14H,15-20H2,1-6H3. The molecule has 0 fully saturated rings. The third-order valence-electron chi connectivity index (χ3n) is 4.65. The quantitative estimate of drug-likeness (QED) is 0.194. The summed E-state index contributed by atoms with van der Waals surface area (Å²) in [6.07, 6.45) is 0. The van der Waals surface area contributed by atoms with Crippen molar-refractivity contribution in [2.45, 2.75) is 51.4 Å². The van der Waals surface area contributed by atoms with Crippen LogP contribution in [0.5, 0.6) is 11.5 Å². The molecule has 0 saturated carbocycles. The molecule has 4 nitrogen and oxygen atoms in total. The zero-order valence-electron chi connectivity index (χ0n) is 19.5. The van der Waals surface area contributed by atoms with Crippen molar-refractivity contribution < 1.29 is 18.9 Å². The fourth-order valence-corrected chi connectivity index (χ4v) is 4.23. The minimum atomic E-state index is -1.09. The van der Waals surface area contributed by atoms with Gasteiger partial charge in [-0.2, -0.15) is 0 Å². The third-order valence-corrected chi connectivity index (χ3v) is 8.06. The molecule has 0 aromatic heterocycles. The molecule has 0 bridgehead atoms. The number of rotatable bonds is 13. The summed E-state index contributed by atoms with van der Waals surface area (Å²) in [6.45, 7) is 16.1. The lowest BCUT2D eigenvalue weighted by molar-refractivity contribution is 0.0210. The molecule has 0 atom stereocenters. The minimum Gasteiger partial charge on any atom is -0.467 e. The van der Waals surface area contributed by atoms with Crippen molar-refractivity contribution >= 4 is 16.1 Å². The van der Waals surface area contributed by atoms with Gasteiger partial charge in [0.2, 0.25) is 0 Å². The van der Waals surface area contributed by atoms with Gasteiger partial charge in [-0.15, -0.1) is 0 Å². The van der Waals surface area contributed by atoms with Gasteiger partial charge in [-0.3, -0.25) is 0 Å². The Labute approximate surface area is 184 Å². The van der Waals surface area contributed by atoms with Gasteiger partial charge >= 0.3 is 0 Å². The lowest BCUT2D eigenvalue weighted by atomic mass is 10.0. The van der Waals surface area contributed by atoms with Crippen LogP contribution in [0.15, 0.2) is 48.5 Å². The smallest absolute Gasteiger partial charge is 0.189 e. The number of para-hydroxylation sites is 2. The largest absolute Gasteiger partial charge is 0.467 e. The van der Waals surface area contributed by atoms with Crippen LogP contribution in [0.25, 0.3) is 11.1 Å². The molecular weight excluding hydrogens is 408 g/mol. The monoisotopic (exact) mass is 446 g/mol. The maximum Gasteiger partial charge on any atom is 0.189 e. The van der Waals surface area contributed by atoms with Crippen molar-refractivity contribution in [1.82, 2.24) is 0 Å². The molecule has 6 heteroatoms. The summed E-state index contributed by atoms with van der Waals surface area (Å²) in [4.78, 5) is 0. The summed E-state index contributed by atoms with van der Waals surface area (Å²) in [6, 6.07) is 18.3. The van der Waals surface area contributed by atoms with Gasteiger partial charge in [0.25, 0.3) is 0 Å². The van der Waals surface area contributed by atoms with E-state index in [1.165, 1.54) is 0 Å². The van der Waals surface area contributed by atoms with Gasteiger partial charge in [-0.05, 0) is 24.2 Å². The molecule has 0 saturated heterocycles. The second-order valence-corrected chi connectivity index (χ2v) is 21.2. The van der Waals surface area contributed by atoms with Crippen LogP contribution in [0.3, 0.4) is 0 Å². The molecule has 0 radical (unpaired) electrons. The van der Waals surface area contributed by atoms with Crippen LogP contribution in [-0.4, -0.2) is 42.9 Å². The molecule has 2 aromatic rings. The Morgan fingerprint density at radius 2 is 0.933 bits per heavy atom. The zero-order chi connectivity index (χ0) is 22.0. The van der Waals surface area contributed by atoms with E-state index in [0.717, 1.165) is 47.9 Å². The fourth-order valence-electron chi connectivity index (χ4n) is 2.71. The Bertz CT molecular complexity index is 701. The number of hydrogen-bond acceptors (Lipinski definition) is 4. The van der Waals surface area contributed by atoms with Crippen molar-refractivity contribution in [1.29, 1.82) is 0 Å². The third kappa shape index (κ3) is 9.47. The second-order valence-electron chi connectivity index (χ2n) is 9.95. The number of ether oxygens (including phenoxy) is 4. The number of hydrogen-bond donors (Lipinski definition) is 0. The average molecular weight is 447 g/mol. The van der Waals surface area contributed by atoms with E-state index >= 15 is 0 Å². The summed E-state index contributed by atoms with van der Waals surface area (Å²) < 4.78 is 23.3. The van der Waals surface area contributed by atoms with Crippen LogP contribution in [0.4, 0.5) is 0 Å². The predicted molar refractivity (Wildman–Crippen MR) is 131 cm³/mol. The van der Waals surface area contributed by atoms with Crippen LogP contribution in [-0.2, 0) is 9.47 Å². The van der Waals surface area contributed by atoms with Crippen LogP contribution >= 0.6 is 0 Å². The van der Waals surface area contributed by atoms with Crippen molar-refractivity contribution in [3.8, 4) is 22.6 Å². The van der Waals surface area contributed by atoms with Gasteiger partial charge in [0.05, 0.1) is 0 Å². The van der Waals surface area contributed by atoms with Gasteiger partial charge in [0.1, 0.15) is 11.5 Å². The highest BCUT2D eigenvalue weighted by Crippen LogP contribution is 2.36. The zero-order valence-corrected chi connectivity index (χ0v) is 21.5. The topological polar surface area (TPSA) is 36.9 Å². The maximum atomic E-state index is 5.95. The summed E-state index contributed by atoms with van der Waals surface area (Å²) in [7, 11) is -2.19. The first-order valence-corrected chi connectivity index (χ1v) is 18.2. The SMILES string of the molecule is C[Si](C)(C)CCOCOc1ccccc1-c1ccccc1OCOCC[Si](C)(C)C. The molecule has 0 spiro atoms. The van der Waals surface area contributed by atoms with E-state index in [1.807, 2.05) is 48.5 Å². The van der Waals surface area contributed by atoms with Crippen LogP contribution in [0.1, 0.15) is 0 Å². The maximum absolute atomic E-state index is 5.95. The fraction of sp³-hybridized carbons (Fsp3) is 0.500. The molecule has 30 heavy (non-hydrogen) atoms. The first-order valence-electron chi connectivity index (χ1n) is 10.8. The Morgan fingerprint density at radius 1 is 0.567 bits per heavy atom. The van der Waals surface area contributed by atoms with Crippen molar-refractivity contribution in [3.05, 3.63) is 48.5 Å². The van der Waals surface area contributed by atoms with Crippen LogP contribution < -0.4 is 9.47 Å². The van der Waals surface area contributed by atoms with Gasteiger partial charge in [0.15, 0.2) is 13.6 Å². The van der Waals surface area contributed by atoms with E-state index in [9.17, 15) is 0 Å². The van der Waals surface area contributed by atoms with Gasteiger partial charge < -0.3 is 18.9 Å². The highest BCUT2D eigenvalue weighted by atomic mass is 28.3. The van der Waals surface area contributed by atoms with Gasteiger partial charge in [-0.1, -0.05) is 75.7 Å². The van der Waals surface area contributed by atoms with E-state index in [2.05, 4.69) is 39.3 Å². The van der Waals surface area contributed by atoms with E-state index < -0.39 is 16.1 Å². The molecule has 0 aliphatic rings. The first kappa shape index (κ1) is 24.7. The van der Waals surface area contributed by atoms with E-state index in [0.29, 0.717) is 0 Å². The normalized spacial score (nSPS) is 12.1. The van der Waals surface area contributed by atoms with Crippen LogP contribution in [0, 0.1) is 0 Å². The molecule has 0 aliphatic heterocycles. The summed E-state index contributed by atoms with van der Waals surface area (Å²) in [5.41, 5.74) is 1.98. The average Bonchev–Trinajstić information content (AvgIpc) is 2.66. The molecule has 0 amide bonds. The minimum absolute atomic E-state index is 0.254. The predicted octanol–water partition coefficient (Wildman–Crippen LogP) is 6.74. The Morgan fingerprint density at radius 3 is 1.30 bits per heavy atom. The van der Waals surface area contributed by atoms with Crippen molar-refractivity contribution in [3.63, 3.8) is 0 Å². The van der Waals surface area contributed by atoms with Crippen molar-refractivity contribution in [2.24, 2.45) is 0 Å². The number of benzene rings is 2. The molecular formula is C24H38O4Si2. The van der Waals surface area contributed by atoms with E-state index in [4.69, 9.17) is 18.9 Å². The summed E-state index contributed by atoms with van der Waals surface area (Å²) in [5.74, 6) is 1.59. The lowest BCUT2D eigenvalue weighted by Crippen LogP contribution is -2.22. The molecule has 0 N–H and O–H groups in total. The molecule has 0 unspecified atom stereocenters. The van der Waals surface area contributed by atoms with Gasteiger partial charge in [-0.25, -0.2) is 0 Å². The first-order chi connectivity index (χ1) is 14.2. The Hall–Kier alpha value is -1.61. The Kier molecular flexibility index (Phi) is 9.61. The van der Waals surface area contributed by atoms with Gasteiger partial charge in [0, 0.05) is 40.5 Å².